The van der Waals surface area contributed by atoms with Gasteiger partial charge in [-0.2, -0.15) is 0 Å². The molecule has 0 radical (unpaired) electrons. The Balaban J connectivity index is 1.78. The van der Waals surface area contributed by atoms with Crippen molar-refractivity contribution in [2.24, 2.45) is 5.92 Å². The number of allylic oxidation sites excluding steroid dienone is 5. The van der Waals surface area contributed by atoms with Crippen molar-refractivity contribution < 1.29 is 0 Å². The minimum Gasteiger partial charge on any atom is -0.0995 e. The molecule has 0 saturated carbocycles. The van der Waals surface area contributed by atoms with Gasteiger partial charge in [-0.05, 0) is 69.9 Å². The molecule has 4 rings (SSSR count). The number of hydrogen-bond acceptors (Lipinski definition) is 0. The van der Waals surface area contributed by atoms with Gasteiger partial charge in [0.25, 0.3) is 0 Å². The summed E-state index contributed by atoms with van der Waals surface area (Å²) in [7, 11) is 0. The van der Waals surface area contributed by atoms with Gasteiger partial charge in [0.05, 0.1) is 0 Å². The van der Waals surface area contributed by atoms with Crippen molar-refractivity contribution in [2.75, 3.05) is 0 Å². The van der Waals surface area contributed by atoms with Gasteiger partial charge in [-0.25, -0.2) is 0 Å². The van der Waals surface area contributed by atoms with Gasteiger partial charge in [0, 0.05) is 5.92 Å². The second-order valence-electron chi connectivity index (χ2n) is 9.39. The summed E-state index contributed by atoms with van der Waals surface area (Å²) in [5, 5.41) is 2.69. The highest BCUT2D eigenvalue weighted by Crippen LogP contribution is 2.36. The highest BCUT2D eigenvalue weighted by atomic mass is 14.3. The van der Waals surface area contributed by atoms with Crippen molar-refractivity contribution in [1.82, 2.24) is 0 Å². The average Bonchev–Trinajstić information content (AvgIpc) is 2.76. The van der Waals surface area contributed by atoms with Crippen LogP contribution in [0, 0.1) is 5.92 Å². The summed E-state index contributed by atoms with van der Waals surface area (Å²) in [6.07, 6.45) is 13.9. The maximum Gasteiger partial charge on any atom is 0.00153 e. The van der Waals surface area contributed by atoms with Crippen molar-refractivity contribution in [3.8, 4) is 0 Å². The molecule has 2 aromatic rings. The Morgan fingerprint density at radius 2 is 1.83 bits per heavy atom. The van der Waals surface area contributed by atoms with Gasteiger partial charge < -0.3 is 0 Å². The number of fused-ring (bicyclic) bond motifs is 2. The van der Waals surface area contributed by atoms with Crippen LogP contribution in [0.25, 0.3) is 17.7 Å². The van der Waals surface area contributed by atoms with Crippen LogP contribution in [-0.4, -0.2) is 0 Å². The first-order valence-corrected chi connectivity index (χ1v) is 10.8. The lowest BCUT2D eigenvalue weighted by atomic mass is 9.77. The minimum atomic E-state index is 0.112. The normalized spacial score (nSPS) is 25.4. The Bertz CT molecular complexity index is 1120. The van der Waals surface area contributed by atoms with E-state index in [9.17, 15) is 0 Å². The Morgan fingerprint density at radius 1 is 1.03 bits per heavy atom. The topological polar surface area (TPSA) is 0 Å². The zero-order valence-electron chi connectivity index (χ0n) is 18.2. The van der Waals surface area contributed by atoms with Crippen LogP contribution in [0.15, 0.2) is 72.8 Å². The van der Waals surface area contributed by atoms with E-state index in [0.29, 0.717) is 11.8 Å². The van der Waals surface area contributed by atoms with E-state index in [1.807, 2.05) is 0 Å². The predicted molar refractivity (Wildman–Crippen MR) is 127 cm³/mol. The third kappa shape index (κ3) is 3.94. The number of rotatable bonds is 2. The molecule has 148 valence electrons. The highest BCUT2D eigenvalue weighted by Gasteiger charge is 2.24. The van der Waals surface area contributed by atoms with Crippen LogP contribution < -0.4 is 10.4 Å². The predicted octanol–water partition coefficient (Wildman–Crippen LogP) is 6.27. The molecule has 0 aliphatic heterocycles. The van der Waals surface area contributed by atoms with E-state index < -0.39 is 0 Å². The zero-order chi connectivity index (χ0) is 20.6. The van der Waals surface area contributed by atoms with Gasteiger partial charge in [0.2, 0.25) is 0 Å². The summed E-state index contributed by atoms with van der Waals surface area (Å²) < 4.78 is 0. The van der Waals surface area contributed by atoms with E-state index >= 15 is 0 Å². The van der Waals surface area contributed by atoms with Crippen molar-refractivity contribution in [2.45, 2.75) is 51.9 Å². The molecule has 0 saturated heterocycles. The van der Waals surface area contributed by atoms with Crippen LogP contribution in [0.5, 0.6) is 0 Å². The lowest BCUT2D eigenvalue weighted by Gasteiger charge is -2.28. The van der Waals surface area contributed by atoms with Crippen LogP contribution in [0.3, 0.4) is 0 Å². The molecule has 0 heteroatoms. The molecular weight excluding hydrogens is 348 g/mol. The molecule has 2 atom stereocenters. The molecule has 0 aromatic heterocycles. The third-order valence-electron chi connectivity index (χ3n) is 6.60. The van der Waals surface area contributed by atoms with Crippen molar-refractivity contribution in [3.63, 3.8) is 0 Å². The van der Waals surface area contributed by atoms with E-state index in [0.717, 1.165) is 12.8 Å². The molecule has 0 amide bonds. The number of hydrogen-bond donors (Lipinski definition) is 0. The average molecular weight is 381 g/mol. The molecule has 2 aromatic carbocycles. The molecule has 2 aliphatic carbocycles. The summed E-state index contributed by atoms with van der Waals surface area (Å²) in [4.78, 5) is 0. The summed E-state index contributed by atoms with van der Waals surface area (Å²) in [5.41, 5.74) is 6.90. The van der Waals surface area contributed by atoms with Gasteiger partial charge >= 0.3 is 0 Å². The largest absolute Gasteiger partial charge is 0.0995 e. The van der Waals surface area contributed by atoms with Gasteiger partial charge in [0.1, 0.15) is 0 Å². The monoisotopic (exact) mass is 380 g/mol. The van der Waals surface area contributed by atoms with Crippen LogP contribution in [0.4, 0.5) is 0 Å². The van der Waals surface area contributed by atoms with E-state index in [1.54, 1.807) is 0 Å². The molecular formula is C29H32. The van der Waals surface area contributed by atoms with Crippen LogP contribution >= 0.6 is 0 Å². The van der Waals surface area contributed by atoms with Crippen LogP contribution in [0.2, 0.25) is 0 Å². The quantitative estimate of drug-likeness (QED) is 0.539. The van der Waals surface area contributed by atoms with Crippen molar-refractivity contribution >= 4 is 17.7 Å². The van der Waals surface area contributed by atoms with Crippen LogP contribution in [-0.2, 0) is 5.41 Å². The Labute approximate surface area is 175 Å². The van der Waals surface area contributed by atoms with Crippen LogP contribution in [0.1, 0.15) is 63.1 Å². The fraction of sp³-hybridized carbons (Fsp3) is 0.310. The lowest BCUT2D eigenvalue weighted by Crippen LogP contribution is -2.29. The molecule has 0 bridgehead atoms. The molecule has 1 unspecified atom stereocenters. The van der Waals surface area contributed by atoms with E-state index in [4.69, 9.17) is 0 Å². The first-order valence-electron chi connectivity index (χ1n) is 10.8. The summed E-state index contributed by atoms with van der Waals surface area (Å²) in [5.74, 6) is 0.855. The summed E-state index contributed by atoms with van der Waals surface area (Å²) >= 11 is 0. The molecule has 2 aliphatic rings. The Hall–Kier alpha value is -2.60. The van der Waals surface area contributed by atoms with E-state index in [-0.39, 0.29) is 5.41 Å². The maximum absolute atomic E-state index is 4.17. The molecule has 0 spiro atoms. The molecule has 0 nitrogen and oxygen atoms in total. The van der Waals surface area contributed by atoms with Crippen molar-refractivity contribution in [3.05, 3.63) is 100.0 Å². The lowest BCUT2D eigenvalue weighted by molar-refractivity contribution is 0.527. The smallest absolute Gasteiger partial charge is 0.00153 e. The molecule has 29 heavy (non-hydrogen) atoms. The van der Waals surface area contributed by atoms with Gasteiger partial charge in [-0.1, -0.05) is 99.7 Å². The number of benzene rings is 2. The Morgan fingerprint density at radius 3 is 2.62 bits per heavy atom. The second-order valence-corrected chi connectivity index (χ2v) is 9.39. The standard InChI is InChI=1S/C29H32/c1-20(2)24-14-12-22-13-15-25(19-26(22)18-24)23-11-10-21(3)27-8-6-7-9-28(27)29(4,5)17-16-23/h6-13,15-16,18-19,21,24H,1,14,17H2,2-5H3/b11-10-,23-16+/t21?,24-/m1/s1. The SMILES string of the molecule is C=C(C)[C@H]1C=c2cc(C3=C/CC(C)(C)c4ccccc4C(C)/C=C\3)ccc2=CC1. The second kappa shape index (κ2) is 7.67. The van der Waals surface area contributed by atoms with E-state index in [2.05, 4.69) is 107 Å². The molecule has 0 heterocycles. The minimum absolute atomic E-state index is 0.112. The fourth-order valence-corrected chi connectivity index (χ4v) is 4.59. The summed E-state index contributed by atoms with van der Waals surface area (Å²) in [6, 6.07) is 15.9. The zero-order valence-corrected chi connectivity index (χ0v) is 18.2. The van der Waals surface area contributed by atoms with Gasteiger partial charge in [-0.3, -0.25) is 0 Å². The molecule has 0 N–H and O–H groups in total. The first kappa shape index (κ1) is 19.7. The van der Waals surface area contributed by atoms with Crippen molar-refractivity contribution in [1.29, 1.82) is 0 Å². The maximum atomic E-state index is 4.17. The third-order valence-corrected chi connectivity index (χ3v) is 6.60. The van der Waals surface area contributed by atoms with E-state index in [1.165, 1.54) is 38.3 Å². The summed E-state index contributed by atoms with van der Waals surface area (Å²) in [6.45, 7) is 13.3. The molecule has 0 fully saturated rings. The Kier molecular flexibility index (Phi) is 5.21. The first-order chi connectivity index (χ1) is 13.8. The van der Waals surface area contributed by atoms with Gasteiger partial charge in [0.15, 0.2) is 0 Å². The fourth-order valence-electron chi connectivity index (χ4n) is 4.59. The van der Waals surface area contributed by atoms with Gasteiger partial charge in [-0.15, -0.1) is 0 Å². The highest BCUT2D eigenvalue weighted by molar-refractivity contribution is 5.75.